The smallest absolute Gasteiger partial charge is 0.257 e. The topological polar surface area (TPSA) is 139 Å². The molecule has 0 aliphatic heterocycles. The third-order valence-corrected chi connectivity index (χ3v) is 4.43. The van der Waals surface area contributed by atoms with E-state index in [4.69, 9.17) is 5.73 Å². The summed E-state index contributed by atoms with van der Waals surface area (Å²) in [7, 11) is 0. The number of amides is 1. The lowest BCUT2D eigenvalue weighted by Gasteiger charge is -2.03. The van der Waals surface area contributed by atoms with Crippen molar-refractivity contribution >= 4 is 40.1 Å². The van der Waals surface area contributed by atoms with Gasteiger partial charge in [0.05, 0.1) is 17.2 Å². The number of para-hydroxylation sites is 2. The van der Waals surface area contributed by atoms with Gasteiger partial charge in [-0.25, -0.2) is 9.97 Å². The van der Waals surface area contributed by atoms with Crippen molar-refractivity contribution in [1.82, 2.24) is 20.0 Å². The number of fused-ring (bicyclic) bond motifs is 2. The summed E-state index contributed by atoms with van der Waals surface area (Å²) in [6, 6.07) is 11.5. The summed E-state index contributed by atoms with van der Waals surface area (Å²) in [4.78, 5) is 21.9. The summed E-state index contributed by atoms with van der Waals surface area (Å²) in [6.45, 7) is 3.86. The second-order valence-corrected chi connectivity index (χ2v) is 6.45. The Balaban J connectivity index is 1.91. The van der Waals surface area contributed by atoms with Crippen molar-refractivity contribution in [2.45, 2.75) is 0 Å². The molecule has 2 aromatic heterocycles. The Morgan fingerprint density at radius 3 is 2.60 bits per heavy atom. The zero-order valence-electron chi connectivity index (χ0n) is 15.8. The van der Waals surface area contributed by atoms with Crippen LogP contribution in [0.5, 0.6) is 11.5 Å². The van der Waals surface area contributed by atoms with Crippen LogP contribution >= 0.6 is 0 Å². The highest BCUT2D eigenvalue weighted by atomic mass is 16.3. The van der Waals surface area contributed by atoms with Crippen LogP contribution in [0.1, 0.15) is 15.9 Å². The van der Waals surface area contributed by atoms with E-state index in [-0.39, 0.29) is 29.4 Å². The van der Waals surface area contributed by atoms with E-state index in [1.165, 1.54) is 23.0 Å². The van der Waals surface area contributed by atoms with Gasteiger partial charge in [-0.2, -0.15) is 9.78 Å². The number of carbonyl (C=O) groups is 1. The quantitative estimate of drug-likeness (QED) is 0.230. The number of phenols is 2. The second-order valence-electron chi connectivity index (χ2n) is 6.45. The van der Waals surface area contributed by atoms with Gasteiger partial charge in [0.1, 0.15) is 16.9 Å². The van der Waals surface area contributed by atoms with Crippen molar-refractivity contribution < 1.29 is 15.0 Å². The number of aromatic hydroxyl groups is 2. The molecule has 4 aromatic rings. The largest absolute Gasteiger partial charge is 0.504 e. The number of phenolic OH excluding ortho intramolecular Hbond substituents is 2. The van der Waals surface area contributed by atoms with Crippen LogP contribution in [0.4, 0.5) is 5.82 Å². The molecule has 9 heteroatoms. The second kappa shape index (κ2) is 7.55. The Morgan fingerprint density at radius 2 is 1.90 bits per heavy atom. The van der Waals surface area contributed by atoms with E-state index in [0.29, 0.717) is 27.8 Å². The summed E-state index contributed by atoms with van der Waals surface area (Å²) in [5.41, 5.74) is 8.81. The minimum absolute atomic E-state index is 0.0705. The Morgan fingerprint density at radius 1 is 1.17 bits per heavy atom. The summed E-state index contributed by atoms with van der Waals surface area (Å²) in [5, 5.41) is 26.2. The Kier molecular flexibility index (Phi) is 4.77. The van der Waals surface area contributed by atoms with E-state index >= 15 is 0 Å². The number of nitrogens with one attached hydrogen (secondary N) is 1. The van der Waals surface area contributed by atoms with Crippen molar-refractivity contribution in [3.8, 4) is 11.5 Å². The molecule has 5 N–H and O–H groups in total. The van der Waals surface area contributed by atoms with Gasteiger partial charge in [0.15, 0.2) is 17.1 Å². The van der Waals surface area contributed by atoms with Crippen LogP contribution in [0.25, 0.3) is 22.2 Å². The van der Waals surface area contributed by atoms with Gasteiger partial charge < -0.3 is 21.3 Å². The molecule has 0 atom stereocenters. The monoisotopic (exact) mass is 402 g/mol. The highest BCUT2D eigenvalue weighted by molar-refractivity contribution is 6.10. The number of nitrogen functional groups attached to an aromatic ring is 1. The van der Waals surface area contributed by atoms with Crippen molar-refractivity contribution in [3.05, 3.63) is 66.2 Å². The maximum atomic E-state index is 12.7. The lowest BCUT2D eigenvalue weighted by atomic mass is 10.2. The van der Waals surface area contributed by atoms with Gasteiger partial charge in [-0.15, -0.1) is 6.58 Å². The predicted octanol–water partition coefficient (Wildman–Crippen LogP) is 2.38. The zero-order chi connectivity index (χ0) is 21.3. The van der Waals surface area contributed by atoms with Gasteiger partial charge in [0.25, 0.3) is 5.91 Å². The van der Waals surface area contributed by atoms with Crippen molar-refractivity contribution in [2.75, 3.05) is 12.3 Å². The fourth-order valence-electron chi connectivity index (χ4n) is 2.99. The Labute approximate surface area is 170 Å². The van der Waals surface area contributed by atoms with E-state index in [2.05, 4.69) is 27.0 Å². The molecule has 150 valence electrons. The highest BCUT2D eigenvalue weighted by Gasteiger charge is 2.23. The number of hydrogen-bond donors (Lipinski definition) is 4. The standard InChI is InChI=1S/C21H18N6O3/c1-2-9-23-21(30)17-18-20(26-14-6-4-3-5-13(14)25-18)27(19(17)22)24-11-12-7-8-15(28)16(29)10-12/h2-8,10-11,28-29H,1,9,22H2,(H,23,30). The van der Waals surface area contributed by atoms with Crippen LogP contribution in [0.15, 0.2) is 60.2 Å². The molecule has 0 saturated carbocycles. The van der Waals surface area contributed by atoms with Gasteiger partial charge in [0.2, 0.25) is 0 Å². The molecule has 1 amide bonds. The van der Waals surface area contributed by atoms with Gasteiger partial charge >= 0.3 is 0 Å². The number of rotatable bonds is 5. The number of anilines is 1. The molecule has 0 unspecified atom stereocenters. The van der Waals surface area contributed by atoms with E-state index in [9.17, 15) is 15.0 Å². The number of nitrogens with zero attached hydrogens (tertiary/aromatic N) is 4. The third kappa shape index (κ3) is 3.28. The molecule has 0 aliphatic rings. The van der Waals surface area contributed by atoms with Gasteiger partial charge in [-0.3, -0.25) is 4.79 Å². The maximum absolute atomic E-state index is 12.7. The van der Waals surface area contributed by atoms with Crippen LogP contribution in [0.3, 0.4) is 0 Å². The highest BCUT2D eigenvalue weighted by Crippen LogP contribution is 2.28. The molecule has 30 heavy (non-hydrogen) atoms. The fourth-order valence-corrected chi connectivity index (χ4v) is 2.99. The number of benzene rings is 2. The van der Waals surface area contributed by atoms with E-state index in [1.807, 2.05) is 12.1 Å². The first kappa shape index (κ1) is 18.9. The molecule has 4 rings (SSSR count). The summed E-state index contributed by atoms with van der Waals surface area (Å²) >= 11 is 0. The van der Waals surface area contributed by atoms with Crippen LogP contribution in [-0.4, -0.2) is 43.5 Å². The lowest BCUT2D eigenvalue weighted by molar-refractivity contribution is 0.0960. The molecule has 0 bridgehead atoms. The maximum Gasteiger partial charge on any atom is 0.257 e. The van der Waals surface area contributed by atoms with Crippen molar-refractivity contribution in [2.24, 2.45) is 5.10 Å². The van der Waals surface area contributed by atoms with Crippen molar-refractivity contribution in [3.63, 3.8) is 0 Å². The molecular formula is C21H18N6O3. The van der Waals surface area contributed by atoms with Crippen molar-refractivity contribution in [1.29, 1.82) is 0 Å². The molecule has 0 spiro atoms. The third-order valence-electron chi connectivity index (χ3n) is 4.43. The minimum Gasteiger partial charge on any atom is -0.504 e. The van der Waals surface area contributed by atoms with E-state index < -0.39 is 5.91 Å². The molecular weight excluding hydrogens is 384 g/mol. The van der Waals surface area contributed by atoms with Crippen LogP contribution < -0.4 is 11.1 Å². The summed E-state index contributed by atoms with van der Waals surface area (Å²) in [5.74, 6) is -0.865. The van der Waals surface area contributed by atoms with Crippen LogP contribution in [0.2, 0.25) is 0 Å². The zero-order valence-corrected chi connectivity index (χ0v) is 15.8. The molecule has 0 saturated heterocycles. The van der Waals surface area contributed by atoms with Crippen LogP contribution in [0, 0.1) is 0 Å². The minimum atomic E-state index is -0.418. The predicted molar refractivity (Wildman–Crippen MR) is 115 cm³/mol. The number of aromatic nitrogens is 3. The SMILES string of the molecule is C=CCNC(=O)c1c(N)n(N=Cc2ccc(O)c(O)c2)c2nc3ccccc3nc12. The fraction of sp³-hybridized carbons (Fsp3) is 0.0476. The Bertz CT molecular complexity index is 1330. The summed E-state index contributed by atoms with van der Waals surface area (Å²) in [6.07, 6.45) is 2.99. The molecule has 2 aromatic carbocycles. The van der Waals surface area contributed by atoms with Gasteiger partial charge in [0, 0.05) is 6.54 Å². The first-order valence-electron chi connectivity index (χ1n) is 9.01. The first-order valence-corrected chi connectivity index (χ1v) is 9.01. The lowest BCUT2D eigenvalue weighted by Crippen LogP contribution is -2.24. The normalized spacial score (nSPS) is 11.3. The average molecular weight is 402 g/mol. The molecule has 0 aliphatic carbocycles. The van der Waals surface area contributed by atoms with Gasteiger partial charge in [-0.1, -0.05) is 18.2 Å². The number of hydrogen-bond acceptors (Lipinski definition) is 7. The average Bonchev–Trinajstić information content (AvgIpc) is 3.01. The Hall–Kier alpha value is -4.40. The first-order chi connectivity index (χ1) is 14.5. The van der Waals surface area contributed by atoms with Crippen LogP contribution in [-0.2, 0) is 0 Å². The molecule has 0 radical (unpaired) electrons. The van der Waals surface area contributed by atoms with Gasteiger partial charge in [-0.05, 0) is 35.9 Å². The van der Waals surface area contributed by atoms with E-state index in [0.717, 1.165) is 0 Å². The molecule has 9 nitrogen and oxygen atoms in total. The summed E-state index contributed by atoms with van der Waals surface area (Å²) < 4.78 is 1.32. The number of nitrogens with two attached hydrogens (primary N) is 1. The van der Waals surface area contributed by atoms with E-state index in [1.54, 1.807) is 24.3 Å². The molecule has 0 fully saturated rings. The number of carbonyl (C=O) groups excluding carboxylic acids is 1. The molecule has 2 heterocycles.